The minimum absolute atomic E-state index is 0.181. The van der Waals surface area contributed by atoms with Crippen LogP contribution in [0.3, 0.4) is 0 Å². The van der Waals surface area contributed by atoms with Crippen molar-refractivity contribution in [2.45, 2.75) is 26.5 Å². The van der Waals surface area contributed by atoms with Gasteiger partial charge in [-0.25, -0.2) is 9.79 Å². The summed E-state index contributed by atoms with van der Waals surface area (Å²) in [4.78, 5) is 33.5. The van der Waals surface area contributed by atoms with Gasteiger partial charge in [0.25, 0.3) is 5.56 Å². The first-order chi connectivity index (χ1) is 23.3. The molecule has 0 saturated carbocycles. The third kappa shape index (κ3) is 7.41. The van der Waals surface area contributed by atoms with E-state index < -0.39 is 12.0 Å². The van der Waals surface area contributed by atoms with Crippen LogP contribution in [0, 0.1) is 7.14 Å². The zero-order valence-corrected chi connectivity index (χ0v) is 31.8. The molecule has 1 aliphatic rings. The number of rotatable bonds is 10. The lowest BCUT2D eigenvalue weighted by Gasteiger charge is -2.26. The molecule has 0 radical (unpaired) electrons. The second-order valence-corrected chi connectivity index (χ2v) is 14.4. The van der Waals surface area contributed by atoms with Gasteiger partial charge in [0.1, 0.15) is 18.1 Å². The average Bonchev–Trinajstić information content (AvgIpc) is 3.38. The summed E-state index contributed by atoms with van der Waals surface area (Å²) in [5.74, 6) is 0.936. The molecule has 0 spiro atoms. The predicted octanol–water partition coefficient (Wildman–Crippen LogP) is 7.78. The molecule has 0 N–H and O–H groups in total. The Kier molecular flexibility index (Phi) is 11.0. The summed E-state index contributed by atoms with van der Waals surface area (Å²) in [6.45, 7) is 4.76. The zero-order chi connectivity index (χ0) is 33.8. The third-order valence-electron chi connectivity index (χ3n) is 7.47. The average molecular weight is 903 g/mol. The normalized spacial score (nSPS) is 14.4. The fraction of sp³-hybridized carbons (Fsp3) is 0.162. The van der Waals surface area contributed by atoms with Gasteiger partial charge in [0.15, 0.2) is 4.80 Å². The highest BCUT2D eigenvalue weighted by Crippen LogP contribution is 2.36. The van der Waals surface area contributed by atoms with Gasteiger partial charge in [-0.2, -0.15) is 0 Å². The van der Waals surface area contributed by atoms with Gasteiger partial charge in [-0.15, -0.1) is 0 Å². The lowest BCUT2D eigenvalue weighted by Crippen LogP contribution is -2.40. The Bertz CT molecular complexity index is 2170. The van der Waals surface area contributed by atoms with Crippen molar-refractivity contribution in [3.05, 3.63) is 151 Å². The van der Waals surface area contributed by atoms with Crippen molar-refractivity contribution < 1.29 is 19.0 Å². The van der Waals surface area contributed by atoms with Crippen molar-refractivity contribution in [2.75, 3.05) is 13.2 Å². The van der Waals surface area contributed by atoms with E-state index in [1.54, 1.807) is 11.5 Å². The topological polar surface area (TPSA) is 79.1 Å². The van der Waals surface area contributed by atoms with E-state index >= 15 is 0 Å². The van der Waals surface area contributed by atoms with Crippen molar-refractivity contribution in [1.29, 1.82) is 0 Å². The van der Waals surface area contributed by atoms with Crippen LogP contribution >= 0.6 is 68.1 Å². The number of halogens is 3. The number of nitrogens with zero attached hydrogens (tertiary/aromatic N) is 2. The smallest absolute Gasteiger partial charge is 0.338 e. The highest BCUT2D eigenvalue weighted by Gasteiger charge is 2.35. The first-order valence-corrected chi connectivity index (χ1v) is 18.5. The Balaban J connectivity index is 1.47. The van der Waals surface area contributed by atoms with Crippen LogP contribution in [0.15, 0.2) is 106 Å². The fourth-order valence-electron chi connectivity index (χ4n) is 5.40. The van der Waals surface area contributed by atoms with E-state index in [1.807, 2.05) is 104 Å². The van der Waals surface area contributed by atoms with Crippen LogP contribution in [-0.2, 0) is 16.1 Å². The molecule has 7 nitrogen and oxygen atoms in total. The van der Waals surface area contributed by atoms with Crippen LogP contribution < -0.4 is 24.4 Å². The van der Waals surface area contributed by atoms with Crippen molar-refractivity contribution in [3.63, 3.8) is 0 Å². The Morgan fingerprint density at radius 3 is 2.33 bits per heavy atom. The predicted molar refractivity (Wildman–Crippen MR) is 206 cm³/mol. The molecule has 244 valence electrons. The maximum Gasteiger partial charge on any atom is 0.338 e. The number of aromatic nitrogens is 1. The number of carbonyl (C=O) groups excluding carboxylic acids is 1. The van der Waals surface area contributed by atoms with E-state index in [4.69, 9.17) is 30.8 Å². The SMILES string of the molecule is CCOC(=O)C1=C(c2ccccc2)N=c2s/c(=C\c3cc(I)c(OCc4cccc(Cl)c4)c(I)c3)c(=O)n2[C@H]1c1ccc(OCC)cc1. The summed E-state index contributed by atoms with van der Waals surface area (Å²) in [6, 6.07) is 27.7. The highest BCUT2D eigenvalue weighted by molar-refractivity contribution is 14.1. The summed E-state index contributed by atoms with van der Waals surface area (Å²) in [7, 11) is 0. The molecule has 1 atom stereocenters. The highest BCUT2D eigenvalue weighted by atomic mass is 127. The third-order valence-corrected chi connectivity index (χ3v) is 10.3. The molecule has 11 heteroatoms. The number of benzene rings is 4. The minimum atomic E-state index is -0.768. The number of carbonyl (C=O) groups is 1. The Labute approximate surface area is 313 Å². The van der Waals surface area contributed by atoms with Gasteiger partial charge in [-0.3, -0.25) is 9.36 Å². The number of hydrogen-bond acceptors (Lipinski definition) is 7. The van der Waals surface area contributed by atoms with Crippen LogP contribution in [0.1, 0.15) is 42.1 Å². The second-order valence-electron chi connectivity index (χ2n) is 10.7. The quantitative estimate of drug-likeness (QED) is 0.106. The minimum Gasteiger partial charge on any atom is -0.494 e. The Hall–Kier alpha value is -3.46. The maximum atomic E-state index is 14.3. The van der Waals surface area contributed by atoms with E-state index in [0.29, 0.717) is 44.6 Å². The lowest BCUT2D eigenvalue weighted by molar-refractivity contribution is -0.138. The Morgan fingerprint density at radius 2 is 1.67 bits per heavy atom. The summed E-state index contributed by atoms with van der Waals surface area (Å²) in [5.41, 5.74) is 3.84. The summed E-state index contributed by atoms with van der Waals surface area (Å²) in [5, 5.41) is 0.660. The molecule has 0 amide bonds. The summed E-state index contributed by atoms with van der Waals surface area (Å²) < 4.78 is 21.3. The number of hydrogen-bond donors (Lipinski definition) is 0. The van der Waals surface area contributed by atoms with Crippen molar-refractivity contribution in [2.24, 2.45) is 4.99 Å². The molecule has 6 rings (SSSR count). The number of thiazole rings is 1. The Morgan fingerprint density at radius 1 is 0.938 bits per heavy atom. The van der Waals surface area contributed by atoms with E-state index in [9.17, 15) is 9.59 Å². The van der Waals surface area contributed by atoms with Gasteiger partial charge in [-0.1, -0.05) is 77.5 Å². The fourth-order valence-corrected chi connectivity index (χ4v) is 8.74. The van der Waals surface area contributed by atoms with Gasteiger partial charge in [0, 0.05) is 10.6 Å². The standard InChI is InChI=1S/C37H29ClI2N2O5S/c1-3-45-27-15-13-25(14-16-27)33-31(36(44)46-4-2)32(24-10-6-5-7-11-24)41-37-42(33)35(43)30(48-37)20-23-18-28(39)34(29(40)19-23)47-21-22-9-8-12-26(38)17-22/h5-20,33H,3-4,21H2,1-2H3/b30-20-/t33-/m0/s1. The molecule has 48 heavy (non-hydrogen) atoms. The molecule has 0 bridgehead atoms. The molecule has 4 aromatic carbocycles. The van der Waals surface area contributed by atoms with Crippen LogP contribution in [-0.4, -0.2) is 23.8 Å². The number of fused-ring (bicyclic) bond motifs is 1. The molecule has 5 aromatic rings. The van der Waals surface area contributed by atoms with Crippen molar-refractivity contribution in [3.8, 4) is 11.5 Å². The maximum absolute atomic E-state index is 14.3. The molecule has 2 heterocycles. The molecular weight excluding hydrogens is 874 g/mol. The van der Waals surface area contributed by atoms with Gasteiger partial charge >= 0.3 is 5.97 Å². The monoisotopic (exact) mass is 902 g/mol. The molecule has 0 fully saturated rings. The van der Waals surface area contributed by atoms with Gasteiger partial charge in [0.2, 0.25) is 0 Å². The molecule has 1 aromatic heterocycles. The van der Waals surface area contributed by atoms with Gasteiger partial charge in [0.05, 0.1) is 42.2 Å². The number of esters is 1. The first-order valence-electron chi connectivity index (χ1n) is 15.1. The van der Waals surface area contributed by atoms with E-state index in [2.05, 4.69) is 45.2 Å². The molecule has 1 aliphatic heterocycles. The molecular formula is C37H29ClI2N2O5S. The van der Waals surface area contributed by atoms with Crippen LogP contribution in [0.4, 0.5) is 0 Å². The largest absolute Gasteiger partial charge is 0.494 e. The van der Waals surface area contributed by atoms with E-state index in [-0.39, 0.29) is 12.2 Å². The molecule has 0 saturated heterocycles. The molecule has 0 unspecified atom stereocenters. The van der Waals surface area contributed by atoms with Gasteiger partial charge in [-0.05, 0) is 118 Å². The zero-order valence-electron chi connectivity index (χ0n) is 25.9. The molecule has 0 aliphatic carbocycles. The van der Waals surface area contributed by atoms with Crippen LogP contribution in [0.2, 0.25) is 5.02 Å². The van der Waals surface area contributed by atoms with Crippen LogP contribution in [0.25, 0.3) is 11.8 Å². The summed E-state index contributed by atoms with van der Waals surface area (Å²) >= 11 is 11.9. The first kappa shape index (κ1) is 34.4. The van der Waals surface area contributed by atoms with Crippen LogP contribution in [0.5, 0.6) is 11.5 Å². The summed E-state index contributed by atoms with van der Waals surface area (Å²) in [6.07, 6.45) is 1.86. The van der Waals surface area contributed by atoms with E-state index in [0.717, 1.165) is 35.1 Å². The van der Waals surface area contributed by atoms with Crippen molar-refractivity contribution in [1.82, 2.24) is 4.57 Å². The van der Waals surface area contributed by atoms with E-state index in [1.165, 1.54) is 11.3 Å². The van der Waals surface area contributed by atoms with Gasteiger partial charge < -0.3 is 14.2 Å². The lowest BCUT2D eigenvalue weighted by atomic mass is 9.93. The number of ether oxygens (including phenoxy) is 3. The van der Waals surface area contributed by atoms with Crippen molar-refractivity contribution >= 4 is 85.9 Å². The second kappa shape index (κ2) is 15.4.